The molecule has 0 saturated carbocycles. The van der Waals surface area contributed by atoms with Crippen molar-refractivity contribution in [3.05, 3.63) is 103 Å². The fraction of sp³-hybridized carbons (Fsp3) is 0.467. The van der Waals surface area contributed by atoms with Crippen LogP contribution in [0.3, 0.4) is 0 Å². The van der Waals surface area contributed by atoms with Crippen LogP contribution in [0, 0.1) is 67.7 Å². The summed E-state index contributed by atoms with van der Waals surface area (Å²) in [7, 11) is 0. The molecule has 0 amide bonds. The van der Waals surface area contributed by atoms with Gasteiger partial charge in [-0.2, -0.15) is 0 Å². The van der Waals surface area contributed by atoms with Crippen molar-refractivity contribution in [3.63, 3.8) is 0 Å². The predicted molar refractivity (Wildman–Crippen MR) is 232 cm³/mol. The van der Waals surface area contributed by atoms with Gasteiger partial charge in [0.1, 0.15) is 19.8 Å². The van der Waals surface area contributed by atoms with Crippen LogP contribution in [-0.2, 0) is 28.6 Å². The summed E-state index contributed by atoms with van der Waals surface area (Å²) in [5.74, 6) is -1.000. The van der Waals surface area contributed by atoms with E-state index in [1.807, 2.05) is 106 Å². The SMILES string of the molecule is CCC(COC(=O)CCSC(=O)c1c(C)cc(C)cc1C)(COC(=O)CCSC(=O)c1c(C)cc(C)cc1C)COC(=O)CCSC(=O)c1c(C)cc(C)cc1C. The van der Waals surface area contributed by atoms with Gasteiger partial charge in [-0.3, -0.25) is 28.8 Å². The molecule has 9 nitrogen and oxygen atoms in total. The molecule has 12 heteroatoms. The molecule has 0 radical (unpaired) electrons. The first-order valence-electron chi connectivity index (χ1n) is 19.1. The summed E-state index contributed by atoms with van der Waals surface area (Å²) >= 11 is 3.15. The minimum atomic E-state index is -1.06. The minimum absolute atomic E-state index is 0.0316. The van der Waals surface area contributed by atoms with Crippen molar-refractivity contribution in [1.82, 2.24) is 0 Å². The van der Waals surface area contributed by atoms with E-state index in [9.17, 15) is 28.8 Å². The molecule has 3 aromatic rings. The Balaban J connectivity index is 1.60. The molecule has 3 aromatic carbocycles. The molecule has 0 N–H and O–H groups in total. The quantitative estimate of drug-likeness (QED) is 0.0842. The smallest absolute Gasteiger partial charge is 0.306 e. The van der Waals surface area contributed by atoms with Crippen LogP contribution >= 0.6 is 35.3 Å². The lowest BCUT2D eigenvalue weighted by Crippen LogP contribution is -2.39. The molecule has 0 spiro atoms. The zero-order chi connectivity index (χ0) is 42.4. The Hall–Kier alpha value is -3.87. The average Bonchev–Trinajstić information content (AvgIpc) is 3.10. The van der Waals surface area contributed by atoms with Crippen LogP contribution in [0.1, 0.15) is 114 Å². The summed E-state index contributed by atoms with van der Waals surface area (Å²) in [6.07, 6.45) is 0.237. The molecule has 0 heterocycles. The number of hydrogen-bond acceptors (Lipinski definition) is 12. The summed E-state index contributed by atoms with van der Waals surface area (Å²) in [6.45, 7) is 18.5. The third kappa shape index (κ3) is 14.5. The van der Waals surface area contributed by atoms with Crippen LogP contribution in [0.5, 0.6) is 0 Å². The van der Waals surface area contributed by atoms with Gasteiger partial charge < -0.3 is 14.2 Å². The molecule has 0 bridgehead atoms. The van der Waals surface area contributed by atoms with Gasteiger partial charge in [-0.1, -0.05) is 95.3 Å². The molecule has 0 atom stereocenters. The molecule has 0 aliphatic rings. The van der Waals surface area contributed by atoms with Gasteiger partial charge in [-0.25, -0.2) is 0 Å². The Kier molecular flexibility index (Phi) is 18.6. The van der Waals surface area contributed by atoms with E-state index in [-0.39, 0.29) is 71.7 Å². The van der Waals surface area contributed by atoms with Crippen molar-refractivity contribution in [1.29, 1.82) is 0 Å². The Morgan fingerprint density at radius 1 is 0.439 bits per heavy atom. The van der Waals surface area contributed by atoms with Crippen molar-refractivity contribution >= 4 is 68.5 Å². The summed E-state index contributed by atoms with van der Waals surface area (Å²) in [4.78, 5) is 77.7. The third-order valence-electron chi connectivity index (χ3n) is 9.63. The van der Waals surface area contributed by atoms with Gasteiger partial charge >= 0.3 is 17.9 Å². The van der Waals surface area contributed by atoms with E-state index in [0.29, 0.717) is 23.1 Å². The molecular formula is C45H56O9S3. The number of esters is 3. The second-order valence-corrected chi connectivity index (χ2v) is 18.0. The highest BCUT2D eigenvalue weighted by Gasteiger charge is 2.34. The van der Waals surface area contributed by atoms with Crippen molar-refractivity contribution < 1.29 is 43.0 Å². The van der Waals surface area contributed by atoms with Crippen LogP contribution in [-0.4, -0.2) is 70.3 Å². The number of ether oxygens (including phenoxy) is 3. The number of carbonyl (C=O) groups is 6. The van der Waals surface area contributed by atoms with Gasteiger partial charge in [-0.15, -0.1) is 0 Å². The standard InChI is InChI=1S/C45H56O9S3/c1-11-45(24-52-36(46)12-15-55-42(49)39-30(5)18-27(2)19-31(39)6,25-53-37(47)13-16-56-43(50)40-32(7)20-28(3)21-33(40)8)26-54-38(48)14-17-57-44(51)41-34(9)22-29(4)23-35(41)10/h18-23H,11-17,24-26H2,1-10H3. The predicted octanol–water partition coefficient (Wildman–Crippen LogP) is 9.68. The molecule has 0 fully saturated rings. The van der Waals surface area contributed by atoms with Crippen molar-refractivity contribution in [2.45, 2.75) is 94.9 Å². The minimum Gasteiger partial charge on any atom is -0.465 e. The summed E-state index contributed by atoms with van der Waals surface area (Å²) in [5.41, 5.74) is 9.36. The van der Waals surface area contributed by atoms with E-state index >= 15 is 0 Å². The fourth-order valence-corrected chi connectivity index (χ4v) is 9.51. The van der Waals surface area contributed by atoms with E-state index in [4.69, 9.17) is 14.2 Å². The lowest BCUT2D eigenvalue weighted by molar-refractivity contribution is -0.161. The molecule has 0 unspecified atom stereocenters. The Labute approximate surface area is 350 Å². The molecule has 57 heavy (non-hydrogen) atoms. The van der Waals surface area contributed by atoms with Crippen LogP contribution in [0.15, 0.2) is 36.4 Å². The molecule has 0 aliphatic heterocycles. The number of rotatable bonds is 19. The highest BCUT2D eigenvalue weighted by molar-refractivity contribution is 8.14. The number of hydrogen-bond donors (Lipinski definition) is 0. The number of thioether (sulfide) groups is 3. The summed E-state index contributed by atoms with van der Waals surface area (Å²) < 4.78 is 17.0. The van der Waals surface area contributed by atoms with Crippen molar-refractivity contribution in [2.75, 3.05) is 37.1 Å². The molecule has 0 saturated heterocycles. The average molecular weight is 837 g/mol. The third-order valence-corrected chi connectivity index (χ3v) is 12.3. The Morgan fingerprint density at radius 3 is 0.877 bits per heavy atom. The van der Waals surface area contributed by atoms with E-state index < -0.39 is 23.3 Å². The van der Waals surface area contributed by atoms with E-state index in [0.717, 1.165) is 85.4 Å². The monoisotopic (exact) mass is 836 g/mol. The summed E-state index contributed by atoms with van der Waals surface area (Å²) in [5, 5.41) is -0.354. The summed E-state index contributed by atoms with van der Waals surface area (Å²) in [6, 6.07) is 11.7. The zero-order valence-electron chi connectivity index (χ0n) is 34.9. The van der Waals surface area contributed by atoms with Gasteiger partial charge in [0.25, 0.3) is 0 Å². The first kappa shape index (κ1) is 47.5. The first-order chi connectivity index (χ1) is 26.9. The second kappa shape index (κ2) is 22.3. The molecule has 3 rings (SSSR count). The molecule has 0 aliphatic carbocycles. The number of carbonyl (C=O) groups excluding carboxylic acids is 6. The zero-order valence-corrected chi connectivity index (χ0v) is 37.4. The normalized spacial score (nSPS) is 11.3. The first-order valence-corrected chi connectivity index (χ1v) is 22.0. The van der Waals surface area contributed by atoms with E-state index in [1.165, 1.54) is 0 Å². The van der Waals surface area contributed by atoms with Gasteiger partial charge in [0, 0.05) is 33.9 Å². The maximum absolute atomic E-state index is 13.0. The maximum atomic E-state index is 13.0. The van der Waals surface area contributed by atoms with Crippen molar-refractivity contribution in [2.24, 2.45) is 5.41 Å². The van der Waals surface area contributed by atoms with Crippen LogP contribution in [0.25, 0.3) is 0 Å². The largest absolute Gasteiger partial charge is 0.465 e. The van der Waals surface area contributed by atoms with Gasteiger partial charge in [0.15, 0.2) is 0 Å². The number of aryl methyl sites for hydroxylation is 9. The molecule has 0 aromatic heterocycles. The van der Waals surface area contributed by atoms with Crippen LogP contribution in [0.2, 0.25) is 0 Å². The molecular weight excluding hydrogens is 781 g/mol. The maximum Gasteiger partial charge on any atom is 0.306 e. The van der Waals surface area contributed by atoms with E-state index in [2.05, 4.69) is 0 Å². The molecule has 308 valence electrons. The van der Waals surface area contributed by atoms with Crippen LogP contribution in [0.4, 0.5) is 0 Å². The lowest BCUT2D eigenvalue weighted by Gasteiger charge is -2.31. The number of benzene rings is 3. The lowest BCUT2D eigenvalue weighted by atomic mass is 9.88. The van der Waals surface area contributed by atoms with Crippen LogP contribution < -0.4 is 0 Å². The highest BCUT2D eigenvalue weighted by atomic mass is 32.2. The second-order valence-electron chi connectivity index (χ2n) is 14.8. The van der Waals surface area contributed by atoms with Gasteiger partial charge in [0.05, 0.1) is 24.7 Å². The topological polar surface area (TPSA) is 130 Å². The van der Waals surface area contributed by atoms with Gasteiger partial charge in [0.2, 0.25) is 15.3 Å². The van der Waals surface area contributed by atoms with Gasteiger partial charge in [-0.05, 0) is 102 Å². The highest BCUT2D eigenvalue weighted by Crippen LogP contribution is 2.28. The Bertz CT molecular complexity index is 1690. The Morgan fingerprint density at radius 2 is 0.667 bits per heavy atom. The van der Waals surface area contributed by atoms with Crippen molar-refractivity contribution in [3.8, 4) is 0 Å². The van der Waals surface area contributed by atoms with E-state index in [1.54, 1.807) is 0 Å². The fourth-order valence-electron chi connectivity index (χ4n) is 6.75.